The smallest absolute Gasteiger partial charge is 0.258 e. The molecule has 0 bridgehead atoms. The van der Waals surface area contributed by atoms with Crippen LogP contribution in [-0.2, 0) is 15.6 Å². The molecule has 7 heteroatoms. The summed E-state index contributed by atoms with van der Waals surface area (Å²) in [7, 11) is -3.58. The lowest BCUT2D eigenvalue weighted by molar-refractivity contribution is -0.385. The molecule has 0 amide bonds. The van der Waals surface area contributed by atoms with Crippen LogP contribution in [-0.4, -0.2) is 13.3 Å². The Morgan fingerprint density at radius 3 is 2.39 bits per heavy atom. The van der Waals surface area contributed by atoms with Gasteiger partial charge in [-0.3, -0.25) is 10.1 Å². The molecule has 0 heterocycles. The highest BCUT2D eigenvalue weighted by molar-refractivity contribution is 7.93. The number of nitro groups is 1. The molecule has 0 spiro atoms. The summed E-state index contributed by atoms with van der Waals surface area (Å²) >= 11 is 0. The van der Waals surface area contributed by atoms with Crippen molar-refractivity contribution >= 4 is 21.6 Å². The van der Waals surface area contributed by atoms with Gasteiger partial charge >= 0.3 is 0 Å². The number of benzene rings is 2. The van der Waals surface area contributed by atoms with E-state index in [4.69, 9.17) is 5.26 Å². The normalized spacial score (nSPS) is 11.3. The van der Waals surface area contributed by atoms with E-state index in [9.17, 15) is 18.5 Å². The molecule has 0 fully saturated rings. The highest BCUT2D eigenvalue weighted by atomic mass is 32.2. The Balaban J connectivity index is 2.21. The largest absolute Gasteiger partial charge is 0.276 e. The molecule has 0 unspecified atom stereocenters. The van der Waals surface area contributed by atoms with Crippen molar-refractivity contribution in [3.05, 3.63) is 80.7 Å². The van der Waals surface area contributed by atoms with E-state index in [2.05, 4.69) is 0 Å². The molecule has 0 aromatic heterocycles. The monoisotopic (exact) mass is 328 g/mol. The molecule has 0 saturated carbocycles. The Morgan fingerprint density at radius 1 is 1.13 bits per heavy atom. The lowest BCUT2D eigenvalue weighted by Crippen LogP contribution is -2.00. The van der Waals surface area contributed by atoms with Gasteiger partial charge in [-0.15, -0.1) is 0 Å². The Hall–Kier alpha value is -2.98. The van der Waals surface area contributed by atoms with Crippen LogP contribution in [0.3, 0.4) is 0 Å². The number of hydrogen-bond acceptors (Lipinski definition) is 5. The summed E-state index contributed by atoms with van der Waals surface area (Å²) < 4.78 is 24.2. The fraction of sp³-hybridized carbons (Fsp3) is 0.0625. The lowest BCUT2D eigenvalue weighted by atomic mass is 10.2. The SMILES string of the molecule is N#Cc1ccc(CS(=O)(=O)/C=C/c2ccccc2[N+](=O)[O-])cc1. The van der Waals surface area contributed by atoms with E-state index < -0.39 is 14.8 Å². The van der Waals surface area contributed by atoms with Crippen LogP contribution < -0.4 is 0 Å². The summed E-state index contributed by atoms with van der Waals surface area (Å²) in [6.45, 7) is 0. The van der Waals surface area contributed by atoms with Crippen molar-refractivity contribution in [2.75, 3.05) is 0 Å². The number of nitro benzene ring substituents is 1. The summed E-state index contributed by atoms with van der Waals surface area (Å²) in [6, 6.07) is 14.1. The van der Waals surface area contributed by atoms with Crippen LogP contribution in [0.15, 0.2) is 53.9 Å². The molecule has 6 nitrogen and oxygen atoms in total. The lowest BCUT2D eigenvalue weighted by Gasteiger charge is -2.01. The van der Waals surface area contributed by atoms with Crippen LogP contribution >= 0.6 is 0 Å². The van der Waals surface area contributed by atoms with E-state index in [1.165, 1.54) is 36.4 Å². The highest BCUT2D eigenvalue weighted by Gasteiger charge is 2.12. The van der Waals surface area contributed by atoms with E-state index in [1.54, 1.807) is 18.2 Å². The second-order valence-electron chi connectivity index (χ2n) is 4.73. The Kier molecular flexibility index (Phi) is 4.88. The minimum absolute atomic E-state index is 0.155. The van der Waals surface area contributed by atoms with Gasteiger partial charge in [0.2, 0.25) is 0 Å². The van der Waals surface area contributed by atoms with Gasteiger partial charge in [-0.2, -0.15) is 5.26 Å². The molecular weight excluding hydrogens is 316 g/mol. The molecule has 0 aliphatic rings. The van der Waals surface area contributed by atoms with Crippen molar-refractivity contribution in [2.24, 2.45) is 0 Å². The van der Waals surface area contributed by atoms with Gasteiger partial charge in [-0.25, -0.2) is 8.42 Å². The molecule has 2 aromatic rings. The standard InChI is InChI=1S/C16H12N2O4S/c17-11-13-5-7-14(8-6-13)12-23(21,22)10-9-15-3-1-2-4-16(15)18(19)20/h1-10H,12H2/b10-9+. The molecule has 23 heavy (non-hydrogen) atoms. The van der Waals surface area contributed by atoms with Crippen LogP contribution in [0.5, 0.6) is 0 Å². The highest BCUT2D eigenvalue weighted by Crippen LogP contribution is 2.20. The van der Waals surface area contributed by atoms with Crippen LogP contribution in [0.2, 0.25) is 0 Å². The number of hydrogen-bond donors (Lipinski definition) is 0. The van der Waals surface area contributed by atoms with E-state index in [0.717, 1.165) is 5.41 Å². The third kappa shape index (κ3) is 4.49. The molecule has 116 valence electrons. The first kappa shape index (κ1) is 16.4. The molecule has 0 saturated heterocycles. The van der Waals surface area contributed by atoms with E-state index in [-0.39, 0.29) is 17.0 Å². The molecule has 2 aromatic carbocycles. The first-order valence-corrected chi connectivity index (χ1v) is 8.26. The summed E-state index contributed by atoms with van der Waals surface area (Å²) in [6.07, 6.45) is 1.22. The molecular formula is C16H12N2O4S. The average Bonchev–Trinajstić information content (AvgIpc) is 2.53. The summed E-state index contributed by atoms with van der Waals surface area (Å²) in [5, 5.41) is 20.6. The predicted octanol–water partition coefficient (Wildman–Crippen LogP) is 3.05. The zero-order valence-corrected chi connectivity index (χ0v) is 12.7. The zero-order chi connectivity index (χ0) is 16.9. The van der Waals surface area contributed by atoms with Crippen molar-refractivity contribution < 1.29 is 13.3 Å². The van der Waals surface area contributed by atoms with Gasteiger partial charge in [0.25, 0.3) is 5.69 Å². The molecule has 0 atom stereocenters. The second-order valence-corrected chi connectivity index (χ2v) is 6.62. The average molecular weight is 328 g/mol. The van der Waals surface area contributed by atoms with Gasteiger partial charge in [-0.05, 0) is 29.8 Å². The van der Waals surface area contributed by atoms with Gasteiger partial charge < -0.3 is 0 Å². The number of nitrogens with zero attached hydrogens (tertiary/aromatic N) is 2. The van der Waals surface area contributed by atoms with Gasteiger partial charge in [0.05, 0.1) is 27.9 Å². The molecule has 0 N–H and O–H groups in total. The van der Waals surface area contributed by atoms with Crippen molar-refractivity contribution in [2.45, 2.75) is 5.75 Å². The summed E-state index contributed by atoms with van der Waals surface area (Å²) in [4.78, 5) is 10.3. The van der Waals surface area contributed by atoms with Gasteiger partial charge in [-0.1, -0.05) is 24.3 Å². The maximum atomic E-state index is 12.1. The minimum Gasteiger partial charge on any atom is -0.258 e. The first-order chi connectivity index (χ1) is 10.9. The third-order valence-electron chi connectivity index (χ3n) is 3.04. The Bertz CT molecular complexity index is 894. The number of nitriles is 1. The minimum atomic E-state index is -3.58. The van der Waals surface area contributed by atoms with Crippen molar-refractivity contribution in [3.63, 3.8) is 0 Å². The van der Waals surface area contributed by atoms with Crippen LogP contribution in [0.1, 0.15) is 16.7 Å². The van der Waals surface area contributed by atoms with Gasteiger partial charge in [0.15, 0.2) is 9.84 Å². The molecule has 0 radical (unpaired) electrons. The Labute approximate surface area is 133 Å². The number of rotatable bonds is 5. The molecule has 2 rings (SSSR count). The summed E-state index contributed by atoms with van der Waals surface area (Å²) in [5.74, 6) is -0.240. The number of sulfone groups is 1. The quantitative estimate of drug-likeness (QED) is 0.620. The fourth-order valence-corrected chi connectivity index (χ4v) is 3.03. The molecule has 0 aliphatic heterocycles. The van der Waals surface area contributed by atoms with Crippen LogP contribution in [0.25, 0.3) is 6.08 Å². The number of para-hydroxylation sites is 1. The van der Waals surface area contributed by atoms with Crippen molar-refractivity contribution in [1.82, 2.24) is 0 Å². The first-order valence-electron chi connectivity index (χ1n) is 6.54. The van der Waals surface area contributed by atoms with E-state index in [0.29, 0.717) is 11.1 Å². The third-order valence-corrected chi connectivity index (χ3v) is 4.33. The van der Waals surface area contributed by atoms with Crippen molar-refractivity contribution in [1.29, 1.82) is 5.26 Å². The maximum Gasteiger partial charge on any atom is 0.276 e. The predicted molar refractivity (Wildman–Crippen MR) is 85.9 cm³/mol. The summed E-state index contributed by atoms with van der Waals surface area (Å²) in [5.41, 5.74) is 1.05. The molecule has 0 aliphatic carbocycles. The van der Waals surface area contributed by atoms with Crippen molar-refractivity contribution in [3.8, 4) is 6.07 Å². The second kappa shape index (κ2) is 6.85. The van der Waals surface area contributed by atoms with Crippen LogP contribution in [0.4, 0.5) is 5.69 Å². The van der Waals surface area contributed by atoms with E-state index in [1.807, 2.05) is 6.07 Å². The van der Waals surface area contributed by atoms with Crippen LogP contribution in [0, 0.1) is 21.4 Å². The van der Waals surface area contributed by atoms with E-state index >= 15 is 0 Å². The topological polar surface area (TPSA) is 101 Å². The van der Waals surface area contributed by atoms with Gasteiger partial charge in [0, 0.05) is 11.5 Å². The Morgan fingerprint density at radius 2 is 1.78 bits per heavy atom. The maximum absolute atomic E-state index is 12.1. The fourth-order valence-electron chi connectivity index (χ4n) is 1.93. The zero-order valence-electron chi connectivity index (χ0n) is 11.9. The van der Waals surface area contributed by atoms with Gasteiger partial charge in [0.1, 0.15) is 0 Å².